The van der Waals surface area contributed by atoms with E-state index in [0.717, 1.165) is 24.1 Å². The minimum Gasteiger partial charge on any atom is -0.477 e. The van der Waals surface area contributed by atoms with Gasteiger partial charge in [-0.15, -0.1) is 0 Å². The van der Waals surface area contributed by atoms with E-state index in [0.29, 0.717) is 18.4 Å². The van der Waals surface area contributed by atoms with Crippen molar-refractivity contribution >= 4 is 0 Å². The average Bonchev–Trinajstić information content (AvgIpc) is 2.37. The second kappa shape index (κ2) is 8.09. The number of ether oxygens (including phenoxy) is 1. The molecular weight excluding hydrogens is 226 g/mol. The lowest BCUT2D eigenvalue weighted by Crippen LogP contribution is -2.10. The smallest absolute Gasteiger partial charge is 0.213 e. The van der Waals surface area contributed by atoms with Crippen LogP contribution in [0.5, 0.6) is 5.88 Å². The van der Waals surface area contributed by atoms with Crippen LogP contribution in [0.3, 0.4) is 0 Å². The Morgan fingerprint density at radius 3 is 2.67 bits per heavy atom. The zero-order valence-corrected chi connectivity index (χ0v) is 11.8. The number of hydrogen-bond donors (Lipinski definition) is 1. The molecule has 0 saturated heterocycles. The Bertz CT molecular complexity index is 352. The molecule has 1 N–H and O–H groups in total. The number of nitrogens with zero attached hydrogens (tertiary/aromatic N) is 1. The normalized spacial score (nSPS) is 12.4. The van der Waals surface area contributed by atoms with Crippen LogP contribution in [0, 0.1) is 5.92 Å². The van der Waals surface area contributed by atoms with Crippen LogP contribution in [0.1, 0.15) is 51.3 Å². The molecule has 0 amide bonds. The van der Waals surface area contributed by atoms with Crippen LogP contribution in [-0.4, -0.2) is 16.7 Å². The van der Waals surface area contributed by atoms with Crippen molar-refractivity contribution in [3.8, 4) is 5.88 Å². The van der Waals surface area contributed by atoms with Crippen LogP contribution in [0.2, 0.25) is 0 Å². The number of hydrogen-bond acceptors (Lipinski definition) is 3. The van der Waals surface area contributed by atoms with Gasteiger partial charge in [-0.2, -0.15) is 0 Å². The van der Waals surface area contributed by atoms with Gasteiger partial charge in [0.1, 0.15) is 0 Å². The monoisotopic (exact) mass is 251 g/mol. The van der Waals surface area contributed by atoms with Gasteiger partial charge in [0.15, 0.2) is 0 Å². The molecule has 0 radical (unpaired) electrons. The van der Waals surface area contributed by atoms with Gasteiger partial charge in [-0.05, 0) is 30.4 Å². The maximum absolute atomic E-state index is 9.23. The van der Waals surface area contributed by atoms with Crippen molar-refractivity contribution < 1.29 is 9.84 Å². The molecule has 102 valence electrons. The summed E-state index contributed by atoms with van der Waals surface area (Å²) >= 11 is 0. The Morgan fingerprint density at radius 1 is 1.28 bits per heavy atom. The van der Waals surface area contributed by atoms with Gasteiger partial charge < -0.3 is 9.84 Å². The van der Waals surface area contributed by atoms with E-state index in [1.807, 2.05) is 12.1 Å². The maximum Gasteiger partial charge on any atom is 0.213 e. The molecule has 1 aromatic heterocycles. The third-order valence-corrected chi connectivity index (χ3v) is 2.90. The molecule has 1 rings (SSSR count). The van der Waals surface area contributed by atoms with Crippen molar-refractivity contribution in [2.45, 2.75) is 53.1 Å². The molecule has 0 fully saturated rings. The Balaban J connectivity index is 2.65. The van der Waals surface area contributed by atoms with Gasteiger partial charge in [-0.1, -0.05) is 33.6 Å². The maximum atomic E-state index is 9.23. The van der Waals surface area contributed by atoms with Gasteiger partial charge in [0.2, 0.25) is 5.88 Å². The molecular formula is C15H25NO2. The van der Waals surface area contributed by atoms with Crippen LogP contribution in [0.4, 0.5) is 0 Å². The molecule has 0 aliphatic rings. The molecule has 0 aliphatic heterocycles. The quantitative estimate of drug-likeness (QED) is 0.770. The first-order chi connectivity index (χ1) is 8.69. The van der Waals surface area contributed by atoms with Crippen LogP contribution in [0.25, 0.3) is 0 Å². The van der Waals surface area contributed by atoms with E-state index in [9.17, 15) is 5.11 Å². The number of aryl methyl sites for hydroxylation is 1. The summed E-state index contributed by atoms with van der Waals surface area (Å²) in [6.45, 7) is 7.23. The summed E-state index contributed by atoms with van der Waals surface area (Å²) in [5, 5.41) is 9.23. The van der Waals surface area contributed by atoms with E-state index >= 15 is 0 Å². The van der Waals surface area contributed by atoms with Crippen molar-refractivity contribution in [2.75, 3.05) is 6.61 Å². The minimum absolute atomic E-state index is 0.0418. The van der Waals surface area contributed by atoms with Gasteiger partial charge in [0.25, 0.3) is 0 Å². The fraction of sp³-hybridized carbons (Fsp3) is 0.667. The number of rotatable bonds is 8. The van der Waals surface area contributed by atoms with Gasteiger partial charge in [-0.25, -0.2) is 4.98 Å². The molecule has 1 unspecified atom stereocenters. The minimum atomic E-state index is 0.0418. The second-order valence-electron chi connectivity index (χ2n) is 4.92. The topological polar surface area (TPSA) is 42.4 Å². The first kappa shape index (κ1) is 15.0. The van der Waals surface area contributed by atoms with Gasteiger partial charge in [-0.3, -0.25) is 0 Å². The van der Waals surface area contributed by atoms with Crippen molar-refractivity contribution in [3.05, 3.63) is 23.4 Å². The summed E-state index contributed by atoms with van der Waals surface area (Å²) < 4.78 is 5.73. The predicted octanol–water partition coefficient (Wildman–Crippen LogP) is 3.34. The van der Waals surface area contributed by atoms with E-state index in [1.54, 1.807) is 0 Å². The Kier molecular flexibility index (Phi) is 6.73. The van der Waals surface area contributed by atoms with E-state index in [2.05, 4.69) is 25.8 Å². The Labute approximate surface area is 110 Å². The van der Waals surface area contributed by atoms with Gasteiger partial charge in [0.05, 0.1) is 13.2 Å². The van der Waals surface area contributed by atoms with E-state index < -0.39 is 0 Å². The molecule has 18 heavy (non-hydrogen) atoms. The summed E-state index contributed by atoms with van der Waals surface area (Å²) in [5.74, 6) is 1.19. The molecule has 1 aromatic rings. The summed E-state index contributed by atoms with van der Waals surface area (Å²) in [5.41, 5.74) is 1.88. The van der Waals surface area contributed by atoms with Crippen LogP contribution in [-0.2, 0) is 13.0 Å². The van der Waals surface area contributed by atoms with E-state index in [-0.39, 0.29) is 6.61 Å². The van der Waals surface area contributed by atoms with E-state index in [4.69, 9.17) is 4.74 Å². The van der Waals surface area contributed by atoms with E-state index in [1.165, 1.54) is 12.8 Å². The Hall–Kier alpha value is -1.09. The molecule has 0 bridgehead atoms. The highest BCUT2D eigenvalue weighted by atomic mass is 16.5. The summed E-state index contributed by atoms with van der Waals surface area (Å²) in [6.07, 6.45) is 4.32. The predicted molar refractivity (Wildman–Crippen MR) is 73.7 cm³/mol. The first-order valence-electron chi connectivity index (χ1n) is 6.93. The van der Waals surface area contributed by atoms with Crippen LogP contribution >= 0.6 is 0 Å². The van der Waals surface area contributed by atoms with Crippen molar-refractivity contribution in [1.82, 2.24) is 4.98 Å². The molecule has 1 atom stereocenters. The third kappa shape index (κ3) is 5.05. The second-order valence-corrected chi connectivity index (χ2v) is 4.92. The summed E-state index contributed by atoms with van der Waals surface area (Å²) in [7, 11) is 0. The highest BCUT2D eigenvalue weighted by molar-refractivity contribution is 5.24. The highest BCUT2D eigenvalue weighted by Crippen LogP contribution is 2.16. The van der Waals surface area contributed by atoms with Crippen molar-refractivity contribution in [3.63, 3.8) is 0 Å². The Morgan fingerprint density at radius 2 is 2.06 bits per heavy atom. The zero-order chi connectivity index (χ0) is 13.4. The van der Waals surface area contributed by atoms with Crippen molar-refractivity contribution in [1.29, 1.82) is 0 Å². The number of aliphatic hydroxyl groups is 1. The fourth-order valence-electron chi connectivity index (χ4n) is 1.97. The zero-order valence-electron chi connectivity index (χ0n) is 11.8. The lowest BCUT2D eigenvalue weighted by Gasteiger charge is -2.13. The molecule has 3 heteroatoms. The lowest BCUT2D eigenvalue weighted by molar-refractivity contribution is 0.240. The lowest BCUT2D eigenvalue weighted by atomic mass is 10.1. The van der Waals surface area contributed by atoms with Crippen LogP contribution in [0.15, 0.2) is 12.1 Å². The molecule has 0 aromatic carbocycles. The number of aromatic nitrogens is 1. The van der Waals surface area contributed by atoms with Crippen LogP contribution < -0.4 is 4.74 Å². The number of pyridine rings is 1. The SMILES string of the molecule is CCCc1cc(CO)cc(OCC(C)CCC)n1. The molecule has 3 nitrogen and oxygen atoms in total. The number of aliphatic hydroxyl groups excluding tert-OH is 1. The largest absolute Gasteiger partial charge is 0.477 e. The average molecular weight is 251 g/mol. The standard InChI is InChI=1S/C15H25NO2/c1-4-6-12(3)11-18-15-9-13(10-17)8-14(16-15)7-5-2/h8-9,12,17H,4-7,10-11H2,1-3H3. The van der Waals surface area contributed by atoms with Crippen molar-refractivity contribution in [2.24, 2.45) is 5.92 Å². The van der Waals surface area contributed by atoms with Gasteiger partial charge in [0, 0.05) is 11.8 Å². The molecule has 0 spiro atoms. The highest BCUT2D eigenvalue weighted by Gasteiger charge is 2.06. The molecule has 0 aliphatic carbocycles. The summed E-state index contributed by atoms with van der Waals surface area (Å²) in [6, 6.07) is 3.78. The summed E-state index contributed by atoms with van der Waals surface area (Å²) in [4.78, 5) is 4.47. The molecule has 1 heterocycles. The van der Waals surface area contributed by atoms with Gasteiger partial charge >= 0.3 is 0 Å². The first-order valence-corrected chi connectivity index (χ1v) is 6.93. The third-order valence-electron chi connectivity index (χ3n) is 2.90. The molecule has 0 saturated carbocycles. The fourth-order valence-corrected chi connectivity index (χ4v) is 1.97.